The molecule has 1 amide bonds. The van der Waals surface area contributed by atoms with E-state index in [1.807, 2.05) is 43.3 Å². The Kier molecular flexibility index (Phi) is 8.74. The molecular formula is C25H24ClNO5S. The number of ether oxygens (including phenoxy) is 2. The van der Waals surface area contributed by atoms with Gasteiger partial charge in [-0.25, -0.2) is 9.79 Å². The minimum Gasteiger partial charge on any atom is -0.506 e. The predicted molar refractivity (Wildman–Crippen MR) is 131 cm³/mol. The molecule has 0 aliphatic carbocycles. The van der Waals surface area contributed by atoms with Crippen LogP contribution in [0, 0.1) is 0 Å². The molecule has 8 heteroatoms. The summed E-state index contributed by atoms with van der Waals surface area (Å²) in [5, 5.41) is 11.6. The molecule has 1 aliphatic heterocycles. The van der Waals surface area contributed by atoms with Crippen molar-refractivity contribution in [3.63, 3.8) is 0 Å². The maximum Gasteiger partial charge on any atom is 0.344 e. The lowest BCUT2D eigenvalue weighted by molar-refractivity contribution is -0.138. The summed E-state index contributed by atoms with van der Waals surface area (Å²) < 4.78 is 11.0. The Morgan fingerprint density at radius 1 is 1.12 bits per heavy atom. The molecule has 1 aliphatic rings. The molecule has 0 fully saturated rings. The van der Waals surface area contributed by atoms with Gasteiger partial charge in [0, 0.05) is 17.0 Å². The van der Waals surface area contributed by atoms with E-state index < -0.39 is 5.97 Å². The second-order valence-electron chi connectivity index (χ2n) is 7.07. The zero-order chi connectivity index (χ0) is 23.8. The Labute approximate surface area is 202 Å². The van der Waals surface area contributed by atoms with Gasteiger partial charge in [0.2, 0.25) is 5.91 Å². The zero-order valence-corrected chi connectivity index (χ0v) is 19.9. The second-order valence-corrected chi connectivity index (χ2v) is 8.54. The Morgan fingerprint density at radius 2 is 1.85 bits per heavy atom. The van der Waals surface area contributed by atoms with Gasteiger partial charge in [0.1, 0.15) is 28.7 Å². The fraction of sp³-hybridized carbons (Fsp3) is 0.240. The lowest BCUT2D eigenvalue weighted by atomic mass is 10.1. The number of rotatable bonds is 8. The maximum atomic E-state index is 12.4. The SMILES string of the molecule is CCCC(=O)N=C1S/C(=C\c2ccccc2OCc2ccc(Cl)cc2)C(O)=C1C(=O)OCC. The van der Waals surface area contributed by atoms with E-state index in [4.69, 9.17) is 21.1 Å². The summed E-state index contributed by atoms with van der Waals surface area (Å²) in [6.07, 6.45) is 2.58. The van der Waals surface area contributed by atoms with E-state index in [0.29, 0.717) is 34.3 Å². The van der Waals surface area contributed by atoms with E-state index >= 15 is 0 Å². The number of esters is 1. The molecule has 1 N–H and O–H groups in total. The van der Waals surface area contributed by atoms with Crippen LogP contribution < -0.4 is 4.74 Å². The van der Waals surface area contributed by atoms with E-state index in [1.54, 1.807) is 25.1 Å². The standard InChI is InChI=1S/C25H24ClNO5S/c1-3-7-21(28)27-24-22(25(30)31-4-2)23(29)20(33-24)14-17-8-5-6-9-19(17)32-15-16-10-12-18(26)13-11-16/h5-6,8-14,29H,3-4,7,15H2,1-2H3/b20-14-,27-24?. The van der Waals surface area contributed by atoms with Gasteiger partial charge in [-0.15, -0.1) is 0 Å². The van der Waals surface area contributed by atoms with Crippen LogP contribution in [0.25, 0.3) is 6.08 Å². The monoisotopic (exact) mass is 485 g/mol. The Morgan fingerprint density at radius 3 is 2.55 bits per heavy atom. The van der Waals surface area contributed by atoms with Crippen molar-refractivity contribution in [3.05, 3.63) is 80.9 Å². The first kappa shape index (κ1) is 24.6. The van der Waals surface area contributed by atoms with Crippen molar-refractivity contribution >= 4 is 46.4 Å². The van der Waals surface area contributed by atoms with Crippen LogP contribution in [0.5, 0.6) is 5.75 Å². The van der Waals surface area contributed by atoms with Crippen LogP contribution >= 0.6 is 23.4 Å². The number of para-hydroxylation sites is 1. The zero-order valence-electron chi connectivity index (χ0n) is 18.3. The molecule has 0 saturated heterocycles. The van der Waals surface area contributed by atoms with Crippen LogP contribution in [0.4, 0.5) is 0 Å². The number of halogens is 1. The summed E-state index contributed by atoms with van der Waals surface area (Å²) >= 11 is 6.98. The van der Waals surface area contributed by atoms with Crippen LogP contribution in [0.2, 0.25) is 5.02 Å². The molecule has 0 aromatic heterocycles. The predicted octanol–water partition coefficient (Wildman–Crippen LogP) is 6.11. The third-order valence-electron chi connectivity index (χ3n) is 4.57. The normalized spacial score (nSPS) is 15.8. The van der Waals surface area contributed by atoms with Crippen molar-refractivity contribution in [3.8, 4) is 5.75 Å². The van der Waals surface area contributed by atoms with E-state index in [2.05, 4.69) is 4.99 Å². The van der Waals surface area contributed by atoms with E-state index in [9.17, 15) is 14.7 Å². The van der Waals surface area contributed by atoms with Crippen LogP contribution in [0.3, 0.4) is 0 Å². The minimum atomic E-state index is -0.721. The van der Waals surface area contributed by atoms with Crippen molar-refractivity contribution in [1.29, 1.82) is 0 Å². The van der Waals surface area contributed by atoms with Gasteiger partial charge in [0.15, 0.2) is 0 Å². The van der Waals surface area contributed by atoms with Gasteiger partial charge in [-0.2, -0.15) is 0 Å². The van der Waals surface area contributed by atoms with Gasteiger partial charge in [-0.05, 0) is 43.2 Å². The number of nitrogens with zero attached hydrogens (tertiary/aromatic N) is 1. The van der Waals surface area contributed by atoms with Crippen molar-refractivity contribution in [2.45, 2.75) is 33.3 Å². The highest BCUT2D eigenvalue weighted by atomic mass is 35.5. The number of benzene rings is 2. The lowest BCUT2D eigenvalue weighted by Crippen LogP contribution is -2.14. The average Bonchev–Trinajstić information content (AvgIpc) is 3.09. The third kappa shape index (κ3) is 6.49. The number of hydrogen-bond acceptors (Lipinski definition) is 6. The van der Waals surface area contributed by atoms with Crippen molar-refractivity contribution in [1.82, 2.24) is 0 Å². The summed E-state index contributed by atoms with van der Waals surface area (Å²) in [5.41, 5.74) is 1.55. The highest BCUT2D eigenvalue weighted by Gasteiger charge is 2.33. The van der Waals surface area contributed by atoms with Crippen LogP contribution in [-0.2, 0) is 20.9 Å². The van der Waals surface area contributed by atoms with Gasteiger partial charge in [-0.1, -0.05) is 60.6 Å². The van der Waals surface area contributed by atoms with Crippen LogP contribution in [-0.4, -0.2) is 28.6 Å². The minimum absolute atomic E-state index is 0.0999. The third-order valence-corrected chi connectivity index (χ3v) is 5.85. The highest BCUT2D eigenvalue weighted by Crippen LogP contribution is 2.40. The number of carbonyl (C=O) groups is 2. The van der Waals surface area contributed by atoms with Crippen LogP contribution in [0.15, 0.2) is 69.8 Å². The molecule has 3 rings (SSSR count). The molecule has 1 heterocycles. The molecular weight excluding hydrogens is 462 g/mol. The molecule has 2 aromatic rings. The average molecular weight is 486 g/mol. The number of thioether (sulfide) groups is 1. The van der Waals surface area contributed by atoms with E-state index in [0.717, 1.165) is 17.3 Å². The molecule has 0 atom stereocenters. The van der Waals surface area contributed by atoms with Gasteiger partial charge >= 0.3 is 5.97 Å². The smallest absolute Gasteiger partial charge is 0.344 e. The molecule has 0 bridgehead atoms. The Balaban J connectivity index is 1.91. The topological polar surface area (TPSA) is 85.2 Å². The lowest BCUT2D eigenvalue weighted by Gasteiger charge is -2.10. The first-order valence-electron chi connectivity index (χ1n) is 10.5. The molecule has 0 saturated carbocycles. The fourth-order valence-corrected chi connectivity index (χ4v) is 4.14. The second kappa shape index (κ2) is 11.7. The summed E-state index contributed by atoms with van der Waals surface area (Å²) in [6.45, 7) is 4.00. The van der Waals surface area contributed by atoms with Gasteiger partial charge in [0.05, 0.1) is 11.5 Å². The number of hydrogen-bond donors (Lipinski definition) is 1. The summed E-state index contributed by atoms with van der Waals surface area (Å²) in [5.74, 6) is -0.753. The largest absolute Gasteiger partial charge is 0.506 e. The number of amides is 1. The molecule has 0 spiro atoms. The van der Waals surface area contributed by atoms with Crippen molar-refractivity contribution in [2.24, 2.45) is 4.99 Å². The maximum absolute atomic E-state index is 12.4. The van der Waals surface area contributed by atoms with E-state index in [1.165, 1.54) is 0 Å². The van der Waals surface area contributed by atoms with Crippen molar-refractivity contribution in [2.75, 3.05) is 6.61 Å². The molecule has 2 aromatic carbocycles. The first-order chi connectivity index (χ1) is 15.9. The first-order valence-corrected chi connectivity index (χ1v) is 11.7. The summed E-state index contributed by atoms with van der Waals surface area (Å²) in [7, 11) is 0. The summed E-state index contributed by atoms with van der Waals surface area (Å²) in [4.78, 5) is 28.9. The fourth-order valence-electron chi connectivity index (χ4n) is 2.99. The van der Waals surface area contributed by atoms with Crippen molar-refractivity contribution < 1.29 is 24.2 Å². The van der Waals surface area contributed by atoms with E-state index in [-0.39, 0.29) is 35.3 Å². The quantitative estimate of drug-likeness (QED) is 0.454. The van der Waals surface area contributed by atoms with Crippen LogP contribution in [0.1, 0.15) is 37.8 Å². The number of aliphatic hydroxyl groups excluding tert-OH is 1. The number of aliphatic imine (C=N–C) groups is 1. The van der Waals surface area contributed by atoms with Gasteiger partial charge in [0.25, 0.3) is 0 Å². The molecule has 0 unspecified atom stereocenters. The highest BCUT2D eigenvalue weighted by molar-refractivity contribution is 8.18. The number of carbonyl (C=O) groups excluding carboxylic acids is 2. The Bertz CT molecular complexity index is 1120. The molecule has 33 heavy (non-hydrogen) atoms. The summed E-state index contributed by atoms with van der Waals surface area (Å²) in [6, 6.07) is 14.7. The molecule has 172 valence electrons. The Hall–Kier alpha value is -3.03. The van der Waals surface area contributed by atoms with Gasteiger partial charge in [-0.3, -0.25) is 4.79 Å². The molecule has 6 nitrogen and oxygen atoms in total. The number of aliphatic hydroxyl groups is 1. The molecule has 0 radical (unpaired) electrons. The van der Waals surface area contributed by atoms with Gasteiger partial charge < -0.3 is 14.6 Å².